The number of aromatic nitrogens is 1. The van der Waals surface area contributed by atoms with Crippen LogP contribution in [0.2, 0.25) is 0 Å². The summed E-state index contributed by atoms with van der Waals surface area (Å²) in [7, 11) is -3.51. The molecule has 6 nitrogen and oxygen atoms in total. The van der Waals surface area contributed by atoms with Crippen molar-refractivity contribution in [3.8, 4) is 16.9 Å². The van der Waals surface area contributed by atoms with Gasteiger partial charge >= 0.3 is 6.18 Å². The first kappa shape index (κ1) is 31.0. The molecule has 1 N–H and O–H groups in total. The zero-order valence-corrected chi connectivity index (χ0v) is 24.7. The number of hydrogen-bond acceptors (Lipinski definition) is 5. The van der Waals surface area contributed by atoms with Crippen LogP contribution in [0.1, 0.15) is 47.5 Å². The summed E-state index contributed by atoms with van der Waals surface area (Å²) in [6, 6.07) is 16.1. The van der Waals surface area contributed by atoms with Gasteiger partial charge < -0.3 is 9.15 Å². The Morgan fingerprint density at radius 2 is 1.84 bits per heavy atom. The first-order valence-electron chi connectivity index (χ1n) is 13.5. The fourth-order valence-electron chi connectivity index (χ4n) is 5.73. The molecular formula is C31H29ClF4N2O4S. The highest BCUT2D eigenvalue weighted by molar-refractivity contribution is 7.88. The molecule has 5 rings (SSSR count). The Morgan fingerprint density at radius 1 is 1.07 bits per heavy atom. The number of nitrogens with one attached hydrogen (secondary N) is 1. The minimum Gasteiger partial charge on any atom is -0.485 e. The highest BCUT2D eigenvalue weighted by Crippen LogP contribution is 2.46. The van der Waals surface area contributed by atoms with Crippen molar-refractivity contribution < 1.29 is 35.1 Å². The van der Waals surface area contributed by atoms with Crippen molar-refractivity contribution >= 4 is 21.6 Å². The lowest BCUT2D eigenvalue weighted by molar-refractivity contribution is -0.137. The van der Waals surface area contributed by atoms with Crippen molar-refractivity contribution in [1.82, 2.24) is 9.71 Å². The predicted molar refractivity (Wildman–Crippen MR) is 155 cm³/mol. The van der Waals surface area contributed by atoms with Crippen molar-refractivity contribution in [2.75, 3.05) is 6.26 Å². The summed E-state index contributed by atoms with van der Waals surface area (Å²) >= 11 is 5.95. The van der Waals surface area contributed by atoms with Crippen LogP contribution in [0.15, 0.2) is 77.4 Å². The molecule has 1 aliphatic carbocycles. The number of para-hydroxylation sites is 1. The average molecular weight is 637 g/mol. The third-order valence-electron chi connectivity index (χ3n) is 7.55. The van der Waals surface area contributed by atoms with Crippen LogP contribution in [-0.4, -0.2) is 25.7 Å². The molecule has 1 aromatic heterocycles. The Morgan fingerprint density at radius 3 is 2.51 bits per heavy atom. The first-order chi connectivity index (χ1) is 20.4. The molecule has 1 heterocycles. The van der Waals surface area contributed by atoms with Crippen molar-refractivity contribution in [1.29, 1.82) is 0 Å². The van der Waals surface area contributed by atoms with E-state index in [9.17, 15) is 21.6 Å². The van der Waals surface area contributed by atoms with Gasteiger partial charge in [-0.05, 0) is 54.5 Å². The van der Waals surface area contributed by atoms with Crippen molar-refractivity contribution in [2.24, 2.45) is 0 Å². The van der Waals surface area contributed by atoms with E-state index in [4.69, 9.17) is 20.8 Å². The van der Waals surface area contributed by atoms with E-state index in [0.717, 1.165) is 24.0 Å². The lowest BCUT2D eigenvalue weighted by Gasteiger charge is -2.27. The summed E-state index contributed by atoms with van der Waals surface area (Å²) in [4.78, 5) is 4.50. The van der Waals surface area contributed by atoms with Crippen LogP contribution >= 0.6 is 11.6 Å². The number of halogens is 5. The average Bonchev–Trinajstić information content (AvgIpc) is 3.59. The molecule has 4 aromatic rings. The zero-order chi connectivity index (χ0) is 30.8. The summed E-state index contributed by atoms with van der Waals surface area (Å²) in [6.07, 6.45) is -0.804. The molecule has 1 aliphatic rings. The molecule has 0 radical (unpaired) electrons. The van der Waals surface area contributed by atoms with Gasteiger partial charge in [-0.1, -0.05) is 54.6 Å². The lowest BCUT2D eigenvalue weighted by Crippen LogP contribution is -2.35. The number of sulfonamides is 1. The molecule has 43 heavy (non-hydrogen) atoms. The summed E-state index contributed by atoms with van der Waals surface area (Å²) in [5.41, 5.74) is -0.315. The Bertz CT molecular complexity index is 1700. The van der Waals surface area contributed by atoms with E-state index in [0.29, 0.717) is 36.4 Å². The van der Waals surface area contributed by atoms with Crippen molar-refractivity contribution in [2.45, 2.75) is 55.8 Å². The number of oxazole rings is 1. The van der Waals surface area contributed by atoms with Gasteiger partial charge in [-0.3, -0.25) is 0 Å². The van der Waals surface area contributed by atoms with Gasteiger partial charge in [0.2, 0.25) is 15.9 Å². The van der Waals surface area contributed by atoms with Crippen LogP contribution in [0, 0.1) is 5.82 Å². The Hall–Kier alpha value is -3.41. The predicted octanol–water partition coefficient (Wildman–Crippen LogP) is 7.40. The van der Waals surface area contributed by atoms with Gasteiger partial charge in [0, 0.05) is 11.6 Å². The summed E-state index contributed by atoms with van der Waals surface area (Å²) in [5.74, 6) is -0.649. The second-order valence-electron chi connectivity index (χ2n) is 10.8. The minimum atomic E-state index is -4.73. The summed E-state index contributed by atoms with van der Waals surface area (Å²) < 4.78 is 96.1. The smallest absolute Gasteiger partial charge is 0.417 e. The summed E-state index contributed by atoms with van der Waals surface area (Å²) in [5, 5.41) is 0. The highest BCUT2D eigenvalue weighted by Gasteiger charge is 2.45. The maximum Gasteiger partial charge on any atom is 0.417 e. The van der Waals surface area contributed by atoms with E-state index in [2.05, 4.69) is 9.71 Å². The van der Waals surface area contributed by atoms with E-state index < -0.39 is 39.0 Å². The van der Waals surface area contributed by atoms with Gasteiger partial charge in [-0.2, -0.15) is 13.2 Å². The largest absolute Gasteiger partial charge is 0.485 e. The van der Waals surface area contributed by atoms with Gasteiger partial charge in [0.05, 0.1) is 28.8 Å². The normalized spacial score (nSPS) is 19.1. The molecule has 0 amide bonds. The number of benzene rings is 3. The van der Waals surface area contributed by atoms with Crippen LogP contribution in [0.5, 0.6) is 5.75 Å². The van der Waals surface area contributed by atoms with Crippen molar-refractivity contribution in [3.05, 3.63) is 107 Å². The number of hydrogen-bond donors (Lipinski definition) is 1. The first-order valence-corrected chi connectivity index (χ1v) is 15.9. The van der Waals surface area contributed by atoms with Crippen LogP contribution in [-0.2, 0) is 40.5 Å². The highest BCUT2D eigenvalue weighted by atomic mass is 35.5. The van der Waals surface area contributed by atoms with Gasteiger partial charge in [-0.15, -0.1) is 11.6 Å². The maximum absolute atomic E-state index is 15.1. The van der Waals surface area contributed by atoms with Crippen LogP contribution in [0.4, 0.5) is 17.6 Å². The fourth-order valence-corrected chi connectivity index (χ4v) is 6.66. The third-order valence-corrected chi connectivity index (χ3v) is 8.58. The second kappa shape index (κ2) is 12.3. The molecule has 0 bridgehead atoms. The number of rotatable bonds is 10. The molecule has 228 valence electrons. The van der Waals surface area contributed by atoms with Crippen LogP contribution in [0.3, 0.4) is 0 Å². The lowest BCUT2D eigenvalue weighted by atomic mass is 9.78. The Labute approximate surface area is 252 Å². The maximum atomic E-state index is 15.1. The molecular weight excluding hydrogens is 608 g/mol. The number of nitrogens with zero attached hydrogens (tertiary/aromatic N) is 1. The van der Waals surface area contributed by atoms with E-state index >= 15 is 4.39 Å². The van der Waals surface area contributed by atoms with Gasteiger partial charge in [0.15, 0.2) is 11.6 Å². The molecule has 1 fully saturated rings. The van der Waals surface area contributed by atoms with Gasteiger partial charge in [0.1, 0.15) is 12.9 Å². The van der Waals surface area contributed by atoms with Crippen LogP contribution < -0.4 is 9.46 Å². The molecule has 12 heteroatoms. The molecule has 2 atom stereocenters. The number of ether oxygens (including phenoxy) is 1. The van der Waals surface area contributed by atoms with Gasteiger partial charge in [-0.25, -0.2) is 22.5 Å². The van der Waals surface area contributed by atoms with E-state index in [1.54, 1.807) is 24.3 Å². The monoisotopic (exact) mass is 636 g/mol. The van der Waals surface area contributed by atoms with Gasteiger partial charge in [0.25, 0.3) is 0 Å². The third kappa shape index (κ3) is 7.22. The SMILES string of the molecule is CS(=O)(=O)N[C@H]1CC[C@](Cc2ccc(C(F)(F)F)c(-c3cccc(F)c3OCc3ccccc3)c2)(c2nc(CCl)co2)C1. The van der Waals surface area contributed by atoms with E-state index in [-0.39, 0.29) is 35.8 Å². The molecule has 0 aliphatic heterocycles. The second-order valence-corrected chi connectivity index (χ2v) is 12.9. The topological polar surface area (TPSA) is 81.4 Å². The molecule has 0 saturated heterocycles. The molecule has 1 saturated carbocycles. The Kier molecular flexibility index (Phi) is 8.87. The van der Waals surface area contributed by atoms with E-state index in [1.807, 2.05) is 6.07 Å². The standard InChI is InChI=1S/C31H29ClF4N2O4S/c1-43(39,40)38-22-12-13-30(16-22,29-37-23(17-32)19-42-29)15-21-10-11-26(31(34,35)36)25(14-21)24-8-5-9-27(33)28(24)41-18-20-6-3-2-4-7-20/h2-11,14,19,22,38H,12-13,15-18H2,1H3/t22-,30+/m0/s1. The Balaban J connectivity index is 1.56. The van der Waals surface area contributed by atoms with Crippen LogP contribution in [0.25, 0.3) is 11.1 Å². The zero-order valence-electron chi connectivity index (χ0n) is 23.1. The number of alkyl halides is 4. The summed E-state index contributed by atoms with van der Waals surface area (Å²) in [6.45, 7) is -0.0410. The van der Waals surface area contributed by atoms with Crippen molar-refractivity contribution in [3.63, 3.8) is 0 Å². The molecule has 3 aromatic carbocycles. The molecule has 0 spiro atoms. The fraction of sp³-hybridized carbons (Fsp3) is 0.323. The quantitative estimate of drug-likeness (QED) is 0.145. The molecule has 0 unspecified atom stereocenters. The van der Waals surface area contributed by atoms with E-state index in [1.165, 1.54) is 30.5 Å². The minimum absolute atomic E-state index is 0.0391.